The predicted octanol–water partition coefficient (Wildman–Crippen LogP) is 3.23. The van der Waals surface area contributed by atoms with Gasteiger partial charge in [0.15, 0.2) is 0 Å². The van der Waals surface area contributed by atoms with E-state index in [-0.39, 0.29) is 5.91 Å². The number of anilines is 1. The Hall–Kier alpha value is -1.83. The Balaban J connectivity index is 1.73. The van der Waals surface area contributed by atoms with Crippen molar-refractivity contribution in [3.63, 3.8) is 0 Å². The number of para-hydroxylation sites is 1. The molecule has 1 aromatic carbocycles. The minimum atomic E-state index is 0.0583. The van der Waals surface area contributed by atoms with Crippen molar-refractivity contribution in [1.82, 2.24) is 0 Å². The van der Waals surface area contributed by atoms with E-state index in [1.807, 2.05) is 24.3 Å². The smallest absolute Gasteiger partial charge is 0.256 e. The molecule has 0 unspecified atom stereocenters. The second-order valence-electron chi connectivity index (χ2n) is 5.52. The molecule has 0 saturated heterocycles. The molecule has 3 atom stereocenters. The van der Waals surface area contributed by atoms with Crippen LogP contribution in [0.3, 0.4) is 0 Å². The second kappa shape index (κ2) is 3.58. The third-order valence-corrected chi connectivity index (χ3v) is 4.42. The Morgan fingerprint density at radius 3 is 2.83 bits per heavy atom. The summed E-state index contributed by atoms with van der Waals surface area (Å²) in [5.41, 5.74) is 2.89. The topological polar surface area (TPSA) is 29.1 Å². The van der Waals surface area contributed by atoms with Gasteiger partial charge < -0.3 is 5.32 Å². The molecule has 0 aromatic heterocycles. The van der Waals surface area contributed by atoms with Gasteiger partial charge in [-0.3, -0.25) is 4.79 Å². The summed E-state index contributed by atoms with van der Waals surface area (Å²) in [4.78, 5) is 12.0. The van der Waals surface area contributed by atoms with Gasteiger partial charge in [-0.2, -0.15) is 0 Å². The molecule has 2 nitrogen and oxygen atoms in total. The molecule has 1 fully saturated rings. The Bertz CT molecular complexity index is 585. The van der Waals surface area contributed by atoms with Crippen molar-refractivity contribution in [3.05, 3.63) is 48.1 Å². The zero-order valence-electron chi connectivity index (χ0n) is 10.1. The van der Waals surface area contributed by atoms with Gasteiger partial charge in [-0.25, -0.2) is 0 Å². The van der Waals surface area contributed by atoms with Crippen LogP contribution in [-0.2, 0) is 4.79 Å². The molecule has 2 heteroatoms. The van der Waals surface area contributed by atoms with Gasteiger partial charge in [-0.1, -0.05) is 36.4 Å². The quantitative estimate of drug-likeness (QED) is 0.589. The number of rotatable bonds is 1. The van der Waals surface area contributed by atoms with Crippen LogP contribution in [0.15, 0.2) is 42.5 Å². The van der Waals surface area contributed by atoms with E-state index in [1.165, 1.54) is 12.8 Å². The third-order valence-electron chi connectivity index (χ3n) is 4.42. The number of nitrogens with one attached hydrogen (secondary N) is 1. The highest BCUT2D eigenvalue weighted by molar-refractivity contribution is 6.31. The molecule has 1 heterocycles. The maximum absolute atomic E-state index is 12.0. The van der Waals surface area contributed by atoms with Crippen molar-refractivity contribution in [2.45, 2.75) is 12.8 Å². The van der Waals surface area contributed by atoms with Gasteiger partial charge in [0.05, 0.1) is 0 Å². The van der Waals surface area contributed by atoms with E-state index in [1.54, 1.807) is 0 Å². The van der Waals surface area contributed by atoms with E-state index < -0.39 is 0 Å². The molecule has 0 spiro atoms. The number of fused-ring (bicyclic) bond motifs is 3. The number of allylic oxidation sites excluding steroid dienone is 3. The molecule has 3 aliphatic rings. The van der Waals surface area contributed by atoms with Crippen LogP contribution in [0.25, 0.3) is 5.57 Å². The summed E-state index contributed by atoms with van der Waals surface area (Å²) < 4.78 is 0. The molecule has 2 aliphatic carbocycles. The summed E-state index contributed by atoms with van der Waals surface area (Å²) in [6.45, 7) is 0. The number of hydrogen-bond donors (Lipinski definition) is 1. The fourth-order valence-electron chi connectivity index (χ4n) is 3.53. The molecule has 1 N–H and O–H groups in total. The normalized spacial score (nSPS) is 34.1. The maximum atomic E-state index is 12.0. The van der Waals surface area contributed by atoms with Crippen LogP contribution in [0.5, 0.6) is 0 Å². The lowest BCUT2D eigenvalue weighted by Gasteiger charge is -2.14. The first-order valence-electron chi connectivity index (χ1n) is 6.62. The number of hydrogen-bond acceptors (Lipinski definition) is 1. The standard InChI is InChI=1S/C16H15NO/c18-16-14(13-3-1-2-4-15(13)17-16)9-12-8-10-5-6-11(12)7-10/h1-6,9-12H,7-8H2,(H,17,18)/b14-9+/t10-,11+,12-/m0/s1. The van der Waals surface area contributed by atoms with E-state index in [0.717, 1.165) is 22.7 Å². The monoisotopic (exact) mass is 237 g/mol. The zero-order chi connectivity index (χ0) is 12.1. The van der Waals surface area contributed by atoms with Crippen LogP contribution in [0, 0.1) is 17.8 Å². The Kier molecular flexibility index (Phi) is 2.01. The summed E-state index contributed by atoms with van der Waals surface area (Å²) in [6.07, 6.45) is 9.35. The van der Waals surface area contributed by atoms with Crippen molar-refractivity contribution >= 4 is 17.2 Å². The number of carbonyl (C=O) groups is 1. The molecular formula is C16H15NO. The van der Waals surface area contributed by atoms with Crippen molar-refractivity contribution in [3.8, 4) is 0 Å². The van der Waals surface area contributed by atoms with Crippen molar-refractivity contribution in [2.75, 3.05) is 5.32 Å². The average Bonchev–Trinajstić information content (AvgIpc) is 3.05. The minimum Gasteiger partial charge on any atom is -0.321 e. The van der Waals surface area contributed by atoms with Gasteiger partial charge in [0.25, 0.3) is 5.91 Å². The van der Waals surface area contributed by atoms with Gasteiger partial charge in [0, 0.05) is 16.8 Å². The maximum Gasteiger partial charge on any atom is 0.256 e. The summed E-state index contributed by atoms with van der Waals surface area (Å²) in [6, 6.07) is 7.95. The van der Waals surface area contributed by atoms with E-state index in [2.05, 4.69) is 23.5 Å². The van der Waals surface area contributed by atoms with Crippen molar-refractivity contribution in [2.24, 2.45) is 17.8 Å². The zero-order valence-corrected chi connectivity index (χ0v) is 10.1. The summed E-state index contributed by atoms with van der Waals surface area (Å²) in [5.74, 6) is 2.01. The molecule has 18 heavy (non-hydrogen) atoms. The van der Waals surface area contributed by atoms with E-state index >= 15 is 0 Å². The molecule has 1 amide bonds. The fraction of sp³-hybridized carbons (Fsp3) is 0.312. The van der Waals surface area contributed by atoms with Crippen molar-refractivity contribution < 1.29 is 4.79 Å². The molecule has 1 aliphatic heterocycles. The van der Waals surface area contributed by atoms with E-state index in [9.17, 15) is 4.79 Å². The van der Waals surface area contributed by atoms with Crippen LogP contribution in [0.1, 0.15) is 18.4 Å². The van der Waals surface area contributed by atoms with E-state index in [4.69, 9.17) is 0 Å². The molecule has 90 valence electrons. The number of carbonyl (C=O) groups excluding carboxylic acids is 1. The van der Waals surface area contributed by atoms with Crippen LogP contribution < -0.4 is 5.32 Å². The first-order chi connectivity index (χ1) is 8.81. The predicted molar refractivity (Wildman–Crippen MR) is 71.9 cm³/mol. The lowest BCUT2D eigenvalue weighted by atomic mass is 9.90. The van der Waals surface area contributed by atoms with Crippen molar-refractivity contribution in [1.29, 1.82) is 0 Å². The number of amides is 1. The Morgan fingerprint density at radius 1 is 1.17 bits per heavy atom. The first-order valence-corrected chi connectivity index (χ1v) is 6.62. The molecule has 2 bridgehead atoms. The van der Waals surface area contributed by atoms with Crippen LogP contribution in [0.2, 0.25) is 0 Å². The van der Waals surface area contributed by atoms with Crippen LogP contribution >= 0.6 is 0 Å². The first kappa shape index (κ1) is 10.1. The molecule has 1 saturated carbocycles. The molecule has 4 rings (SSSR count). The Morgan fingerprint density at radius 2 is 2.06 bits per heavy atom. The molecular weight excluding hydrogens is 222 g/mol. The van der Waals surface area contributed by atoms with Gasteiger partial charge in [0.2, 0.25) is 0 Å². The van der Waals surface area contributed by atoms with Crippen LogP contribution in [-0.4, -0.2) is 5.91 Å². The largest absolute Gasteiger partial charge is 0.321 e. The van der Waals surface area contributed by atoms with Crippen LogP contribution in [0.4, 0.5) is 5.69 Å². The highest BCUT2D eigenvalue weighted by Gasteiger charge is 2.36. The number of benzene rings is 1. The van der Waals surface area contributed by atoms with Gasteiger partial charge in [0.1, 0.15) is 0 Å². The van der Waals surface area contributed by atoms with Gasteiger partial charge >= 0.3 is 0 Å². The highest BCUT2D eigenvalue weighted by atomic mass is 16.2. The third kappa shape index (κ3) is 1.38. The van der Waals surface area contributed by atoms with Gasteiger partial charge in [-0.05, 0) is 36.7 Å². The molecule has 0 radical (unpaired) electrons. The highest BCUT2D eigenvalue weighted by Crippen LogP contribution is 2.45. The lowest BCUT2D eigenvalue weighted by Crippen LogP contribution is -2.08. The van der Waals surface area contributed by atoms with E-state index in [0.29, 0.717) is 11.8 Å². The summed E-state index contributed by atoms with van der Waals surface area (Å²) in [5, 5.41) is 2.94. The molecule has 1 aromatic rings. The summed E-state index contributed by atoms with van der Waals surface area (Å²) >= 11 is 0. The fourth-order valence-corrected chi connectivity index (χ4v) is 3.53. The second-order valence-corrected chi connectivity index (χ2v) is 5.52. The lowest BCUT2D eigenvalue weighted by molar-refractivity contribution is -0.110. The minimum absolute atomic E-state index is 0.0583. The van der Waals surface area contributed by atoms with Gasteiger partial charge in [-0.15, -0.1) is 0 Å². The Labute approximate surface area is 106 Å². The summed E-state index contributed by atoms with van der Waals surface area (Å²) in [7, 11) is 0. The SMILES string of the molecule is O=C1Nc2ccccc2/C1=C\[C@@H]1C[C@H]2C=C[C@@H]1C2. The average molecular weight is 237 g/mol.